The number of nitrogens with zero attached hydrogens (tertiary/aromatic N) is 1. The maximum atomic E-state index is 14.8. The highest BCUT2D eigenvalue weighted by molar-refractivity contribution is 7.56. The minimum Gasteiger partial charge on any atom is -0.460 e. The van der Waals surface area contributed by atoms with Crippen LogP contribution in [0, 0.1) is 41.4 Å². The van der Waals surface area contributed by atoms with E-state index in [1.54, 1.807) is 21.0 Å². The Balaban J connectivity index is 0.00000219. The molecular formula is C60H98NO17P. The van der Waals surface area contributed by atoms with E-state index in [1.165, 1.54) is 32.4 Å². The third-order valence-electron chi connectivity index (χ3n) is 17.0. The Morgan fingerprint density at radius 2 is 1.46 bits per heavy atom. The fourth-order valence-electron chi connectivity index (χ4n) is 12.4. The summed E-state index contributed by atoms with van der Waals surface area (Å²) >= 11 is 0. The van der Waals surface area contributed by atoms with Gasteiger partial charge in [0.25, 0.3) is 5.91 Å². The van der Waals surface area contributed by atoms with Gasteiger partial charge in [-0.3, -0.25) is 18.9 Å². The molecule has 15 atom stereocenters. The predicted molar refractivity (Wildman–Crippen MR) is 299 cm³/mol. The number of ether oxygens (including phenoxy) is 9. The van der Waals surface area contributed by atoms with E-state index in [1.807, 2.05) is 51.2 Å². The fraction of sp³-hybridized carbons (Fsp3) is 0.800. The number of ketones is 2. The van der Waals surface area contributed by atoms with Gasteiger partial charge in [-0.15, -0.1) is 0 Å². The molecule has 4 saturated heterocycles. The minimum absolute atomic E-state index is 0.0280. The van der Waals surface area contributed by atoms with Crippen LogP contribution < -0.4 is 0 Å². The highest BCUT2D eigenvalue weighted by Gasteiger charge is 2.69. The van der Waals surface area contributed by atoms with Crippen LogP contribution >= 0.6 is 7.37 Å². The summed E-state index contributed by atoms with van der Waals surface area (Å²) in [4.78, 5) is 67.2. The molecule has 0 aromatic rings. The van der Waals surface area contributed by atoms with E-state index in [2.05, 4.69) is 13.0 Å². The Bertz CT molecular complexity index is 2130. The summed E-state index contributed by atoms with van der Waals surface area (Å²) in [5.41, 5.74) is -0.581. The van der Waals surface area contributed by atoms with E-state index in [4.69, 9.17) is 47.5 Å². The van der Waals surface area contributed by atoms with Crippen molar-refractivity contribution in [3.63, 3.8) is 0 Å². The van der Waals surface area contributed by atoms with Gasteiger partial charge < -0.3 is 62.6 Å². The van der Waals surface area contributed by atoms with Crippen molar-refractivity contribution in [2.24, 2.45) is 41.4 Å². The number of fused-ring (bicyclic) bond motifs is 3. The molecule has 19 heteroatoms. The highest BCUT2D eigenvalue weighted by Crippen LogP contribution is 2.48. The second-order valence-corrected chi connectivity index (χ2v) is 26.3. The first-order chi connectivity index (χ1) is 37.5. The number of allylic oxidation sites excluding steroid dienone is 6. The van der Waals surface area contributed by atoms with Crippen molar-refractivity contribution in [3.8, 4) is 0 Å². The molecule has 0 spiro atoms. The number of rotatable bonds is 13. The summed E-state index contributed by atoms with van der Waals surface area (Å²) in [5, 5.41) is 24.3. The number of carbonyl (C=O) groups excluding carboxylic acids is 4. The number of amides is 1. The van der Waals surface area contributed by atoms with Crippen LogP contribution in [-0.2, 0) is 66.4 Å². The smallest absolute Gasteiger partial charge is 0.329 e. The van der Waals surface area contributed by atoms with Crippen LogP contribution in [0.3, 0.4) is 0 Å². The van der Waals surface area contributed by atoms with Crippen LogP contribution in [0.2, 0.25) is 0 Å². The number of esters is 1. The Kier molecular flexibility index (Phi) is 26.8. The third-order valence-corrected chi connectivity index (χ3v) is 17.0. The summed E-state index contributed by atoms with van der Waals surface area (Å²) < 4.78 is 62.5. The Hall–Kier alpha value is -2.97. The van der Waals surface area contributed by atoms with Gasteiger partial charge in [-0.1, -0.05) is 89.8 Å². The van der Waals surface area contributed by atoms with Gasteiger partial charge in [0.2, 0.25) is 11.4 Å². The lowest BCUT2D eigenvalue weighted by Gasteiger charge is -2.57. The number of hydrogen-bond acceptors (Lipinski definition) is 16. The molecule has 6 rings (SSSR count). The molecule has 2 bridgehead atoms. The van der Waals surface area contributed by atoms with Crippen LogP contribution in [0.4, 0.5) is 0 Å². The zero-order valence-electron chi connectivity index (χ0n) is 49.3. The lowest BCUT2D eigenvalue weighted by molar-refractivity contribution is -0.403. The first-order valence-corrected chi connectivity index (χ1v) is 31.6. The van der Waals surface area contributed by atoms with E-state index in [0.717, 1.165) is 37.7 Å². The highest BCUT2D eigenvalue weighted by atomic mass is 31.2. The monoisotopic (exact) mass is 1140 g/mol. The molecule has 0 aromatic heterocycles. The van der Waals surface area contributed by atoms with Crippen molar-refractivity contribution < 1.29 is 81.5 Å². The standard InChI is InChI=1S/C58H91NO15.C2H7O2P/c1-37-17-11-10-12-18-38(2)49(72-28-26-69-25-27-71-45-34-70-35-45)23-14-13-19-42(6)58(65)57(64,36-73-58)56(63)59-24-16-22-46-47(32-43-20-15-21-44(31-43)66-7)50(74-55(62)51(46)59)33-48(60)39(3)30-41(5)53(67-8)54(68-9)52(61)40(4)29-37;1-5(2,3)4/h10-12,17-18,30,37,39-40,42-47,49-51,53-54,64-65H,13-16,19-29,31-36H2,1-9H3;1-2H3,(H,3,4)/b12-10+,17-11+,38-18+,41-30+;/t37-,39-,40-,42-,43-,44+,46?,47+,49?,50+,51+,53-,54+,57?,58+;/m1./s1. The summed E-state index contributed by atoms with van der Waals surface area (Å²) in [7, 11) is 2.13. The van der Waals surface area contributed by atoms with Gasteiger partial charge in [-0.2, -0.15) is 0 Å². The van der Waals surface area contributed by atoms with Gasteiger partial charge in [0.05, 0.1) is 58.5 Å². The number of hydrogen-bond donors (Lipinski definition) is 3. The average Bonchev–Trinajstić information content (AvgIpc) is 3.59. The van der Waals surface area contributed by atoms with Gasteiger partial charge in [0.1, 0.15) is 36.2 Å². The van der Waals surface area contributed by atoms with E-state index in [0.29, 0.717) is 90.2 Å². The molecule has 5 fully saturated rings. The van der Waals surface area contributed by atoms with E-state index < -0.39 is 73.4 Å². The fourth-order valence-corrected chi connectivity index (χ4v) is 12.4. The van der Waals surface area contributed by atoms with E-state index in [9.17, 15) is 34.0 Å². The lowest BCUT2D eigenvalue weighted by Crippen LogP contribution is -2.79. The first-order valence-electron chi connectivity index (χ1n) is 29.1. The van der Waals surface area contributed by atoms with E-state index >= 15 is 0 Å². The normalized spacial score (nSPS) is 38.5. The molecule has 18 nitrogen and oxygen atoms in total. The maximum Gasteiger partial charge on any atom is 0.329 e. The second-order valence-electron chi connectivity index (χ2n) is 23.7. The number of methoxy groups -OCH3 is 3. The van der Waals surface area contributed by atoms with Crippen molar-refractivity contribution in [2.45, 2.75) is 179 Å². The molecule has 450 valence electrons. The SMILES string of the molecule is CO[C@H]1CCC[C@@H](C[C@H]2C3CCCN4C(=O)C5(O)CO[C@@]5(O)[C@H](C)CCCCC(OCCOCCOC5COC5)/C(C)=C/C=C/C=C/[C@@H](C)C[C@@H](C)C(=O)[C@H](OC)[C@H](OC)/C(C)=C/[C@@H](C)C(=O)C[C@@H]2OC(=O)[C@H]34)C1.CP(C)(=O)O. The van der Waals surface area contributed by atoms with Crippen molar-refractivity contribution in [2.75, 3.05) is 87.5 Å². The molecule has 1 saturated carbocycles. The van der Waals surface area contributed by atoms with Crippen molar-refractivity contribution in [1.29, 1.82) is 0 Å². The van der Waals surface area contributed by atoms with Crippen molar-refractivity contribution >= 4 is 30.8 Å². The lowest BCUT2D eigenvalue weighted by atomic mass is 9.67. The maximum absolute atomic E-state index is 14.8. The molecule has 5 aliphatic heterocycles. The number of carbonyl (C=O) groups is 4. The van der Waals surface area contributed by atoms with Crippen LogP contribution in [0.5, 0.6) is 0 Å². The molecule has 3 unspecified atom stereocenters. The van der Waals surface area contributed by atoms with Crippen LogP contribution in [0.1, 0.15) is 125 Å². The molecule has 6 aliphatic rings. The van der Waals surface area contributed by atoms with Crippen molar-refractivity contribution in [1.82, 2.24) is 4.90 Å². The number of piperidine rings is 1. The second kappa shape index (κ2) is 31.6. The van der Waals surface area contributed by atoms with Gasteiger partial charge in [-0.05, 0) is 94.1 Å². The van der Waals surface area contributed by atoms with Crippen molar-refractivity contribution in [3.05, 3.63) is 47.6 Å². The molecule has 5 heterocycles. The minimum atomic E-state index is -2.64. The van der Waals surface area contributed by atoms with Crippen LogP contribution in [0.15, 0.2) is 47.6 Å². The van der Waals surface area contributed by atoms with Gasteiger partial charge in [-0.25, -0.2) is 4.79 Å². The molecule has 3 N–H and O–H groups in total. The Labute approximate surface area is 471 Å². The molecule has 0 radical (unpaired) electrons. The average molecular weight is 1140 g/mol. The summed E-state index contributed by atoms with van der Waals surface area (Å²) in [6.45, 7) is 16.8. The largest absolute Gasteiger partial charge is 0.460 e. The summed E-state index contributed by atoms with van der Waals surface area (Å²) in [5.74, 6) is -5.60. The Morgan fingerprint density at radius 3 is 2.09 bits per heavy atom. The number of aliphatic hydroxyl groups is 2. The van der Waals surface area contributed by atoms with Gasteiger partial charge in [0, 0.05) is 71.3 Å². The van der Waals surface area contributed by atoms with E-state index in [-0.39, 0.29) is 72.4 Å². The molecule has 0 aromatic carbocycles. The summed E-state index contributed by atoms with van der Waals surface area (Å²) in [6, 6.07) is -1.00. The van der Waals surface area contributed by atoms with Crippen LogP contribution in [-0.4, -0.2) is 185 Å². The molecular weight excluding hydrogens is 1040 g/mol. The molecule has 79 heavy (non-hydrogen) atoms. The number of Topliss-reactive ketones (excluding diaryl/α,β-unsaturated/α-hetero) is 2. The quantitative estimate of drug-likeness (QED) is 0.0698. The first kappa shape index (κ1) is 66.8. The summed E-state index contributed by atoms with van der Waals surface area (Å²) in [6.07, 6.45) is 18.2. The molecule has 1 aliphatic carbocycles. The predicted octanol–water partition coefficient (Wildman–Crippen LogP) is 7.59. The zero-order valence-corrected chi connectivity index (χ0v) is 50.2. The van der Waals surface area contributed by atoms with Crippen LogP contribution in [0.25, 0.3) is 0 Å². The molecule has 1 amide bonds. The third kappa shape index (κ3) is 18.8. The topological polar surface area (TPSA) is 232 Å². The zero-order chi connectivity index (χ0) is 58.1. The Morgan fingerprint density at radius 1 is 0.772 bits per heavy atom. The van der Waals surface area contributed by atoms with Gasteiger partial charge in [0.15, 0.2) is 13.2 Å². The van der Waals surface area contributed by atoms with Gasteiger partial charge >= 0.3 is 5.97 Å².